The van der Waals surface area contributed by atoms with Crippen molar-refractivity contribution >= 4 is 24.1 Å². The molecule has 2 aliphatic carbocycles. The van der Waals surface area contributed by atoms with Crippen molar-refractivity contribution in [2.75, 3.05) is 13.7 Å². The quantitative estimate of drug-likeness (QED) is 0.200. The highest BCUT2D eigenvalue weighted by Crippen LogP contribution is 2.46. The van der Waals surface area contributed by atoms with E-state index in [0.717, 1.165) is 38.3 Å². The maximum absolute atomic E-state index is 12.8. The average Bonchev–Trinajstić information content (AvgIpc) is 3.42. The van der Waals surface area contributed by atoms with Gasteiger partial charge in [-0.15, -0.1) is 5.16 Å². The third kappa shape index (κ3) is 4.11. The Bertz CT molecular complexity index is 551. The van der Waals surface area contributed by atoms with Gasteiger partial charge in [-0.1, -0.05) is 19.3 Å². The second-order valence-corrected chi connectivity index (χ2v) is 7.19. The normalized spacial score (nSPS) is 22.1. The summed E-state index contributed by atoms with van der Waals surface area (Å²) in [5, 5.41) is 23.9. The van der Waals surface area contributed by atoms with Crippen molar-refractivity contribution in [3.8, 4) is 0 Å². The SMILES string of the molecule is COC(=O)C(/C=N/O)(C(=O)NCC1(CC(=O)O)CCCCC1)C1CC1. The van der Waals surface area contributed by atoms with Gasteiger partial charge in [0.25, 0.3) is 0 Å². The molecule has 0 bridgehead atoms. The van der Waals surface area contributed by atoms with Crippen LogP contribution >= 0.6 is 0 Å². The third-order valence-corrected chi connectivity index (χ3v) is 5.45. The smallest absolute Gasteiger partial charge is 0.327 e. The molecule has 0 aromatic heterocycles. The summed E-state index contributed by atoms with van der Waals surface area (Å²) in [5.41, 5.74) is -2.15. The Hall–Kier alpha value is -2.12. The highest BCUT2D eigenvalue weighted by atomic mass is 16.5. The summed E-state index contributed by atoms with van der Waals surface area (Å²) in [6.45, 7) is 0.183. The Balaban J connectivity index is 2.16. The molecule has 3 N–H and O–H groups in total. The van der Waals surface area contributed by atoms with Crippen LogP contribution in [0.4, 0.5) is 0 Å². The van der Waals surface area contributed by atoms with Crippen LogP contribution < -0.4 is 5.32 Å². The molecule has 2 aliphatic rings. The summed E-state index contributed by atoms with van der Waals surface area (Å²) in [7, 11) is 1.19. The molecule has 0 radical (unpaired) electrons. The van der Waals surface area contributed by atoms with Crippen LogP contribution in [0.3, 0.4) is 0 Å². The van der Waals surface area contributed by atoms with Crippen LogP contribution in [0.2, 0.25) is 0 Å². The highest BCUT2D eigenvalue weighted by Gasteiger charge is 2.57. The molecular formula is C17H26N2O6. The molecular weight excluding hydrogens is 328 g/mol. The Morgan fingerprint density at radius 2 is 1.92 bits per heavy atom. The van der Waals surface area contributed by atoms with Crippen LogP contribution in [0.5, 0.6) is 0 Å². The maximum Gasteiger partial charge on any atom is 0.327 e. The van der Waals surface area contributed by atoms with Gasteiger partial charge in [0.05, 0.1) is 19.7 Å². The number of hydrogen-bond donors (Lipinski definition) is 3. The number of nitrogens with zero attached hydrogens (tertiary/aromatic N) is 1. The Kier molecular flexibility index (Phi) is 6.02. The van der Waals surface area contributed by atoms with E-state index >= 15 is 0 Å². The number of carboxylic acids is 1. The van der Waals surface area contributed by atoms with Crippen molar-refractivity contribution < 1.29 is 29.4 Å². The average molecular weight is 354 g/mol. The van der Waals surface area contributed by atoms with E-state index in [2.05, 4.69) is 10.5 Å². The summed E-state index contributed by atoms with van der Waals surface area (Å²) >= 11 is 0. The van der Waals surface area contributed by atoms with E-state index < -0.39 is 28.7 Å². The van der Waals surface area contributed by atoms with Gasteiger partial charge in [-0.3, -0.25) is 14.4 Å². The number of amides is 1. The van der Waals surface area contributed by atoms with Gasteiger partial charge < -0.3 is 20.4 Å². The number of aliphatic carboxylic acids is 1. The van der Waals surface area contributed by atoms with Gasteiger partial charge in [-0.2, -0.15) is 0 Å². The van der Waals surface area contributed by atoms with Crippen LogP contribution in [-0.2, 0) is 19.1 Å². The van der Waals surface area contributed by atoms with Gasteiger partial charge >= 0.3 is 11.9 Å². The van der Waals surface area contributed by atoms with E-state index in [0.29, 0.717) is 12.8 Å². The van der Waals surface area contributed by atoms with Crippen LogP contribution in [-0.4, -0.2) is 48.0 Å². The Morgan fingerprint density at radius 3 is 2.40 bits per heavy atom. The number of methoxy groups -OCH3 is 1. The zero-order valence-corrected chi connectivity index (χ0v) is 14.5. The van der Waals surface area contributed by atoms with Crippen LogP contribution in [0.1, 0.15) is 51.4 Å². The molecule has 1 amide bonds. The van der Waals surface area contributed by atoms with Crippen LogP contribution in [0.25, 0.3) is 0 Å². The lowest BCUT2D eigenvalue weighted by Crippen LogP contribution is -2.52. The fourth-order valence-corrected chi connectivity index (χ4v) is 3.91. The lowest BCUT2D eigenvalue weighted by molar-refractivity contribution is -0.155. The molecule has 140 valence electrons. The number of ether oxygens (including phenoxy) is 1. The van der Waals surface area contributed by atoms with E-state index in [9.17, 15) is 19.5 Å². The molecule has 1 atom stereocenters. The van der Waals surface area contributed by atoms with Crippen molar-refractivity contribution in [2.24, 2.45) is 21.9 Å². The van der Waals surface area contributed by atoms with Crippen LogP contribution in [0.15, 0.2) is 5.16 Å². The largest absolute Gasteiger partial charge is 0.481 e. The molecule has 0 aromatic carbocycles. The van der Waals surface area contributed by atoms with E-state index in [1.54, 1.807) is 0 Å². The maximum atomic E-state index is 12.8. The molecule has 2 fully saturated rings. The number of esters is 1. The summed E-state index contributed by atoms with van der Waals surface area (Å²) in [4.78, 5) is 36.4. The van der Waals surface area contributed by atoms with Crippen molar-refractivity contribution in [3.63, 3.8) is 0 Å². The lowest BCUT2D eigenvalue weighted by atomic mass is 9.71. The van der Waals surface area contributed by atoms with Gasteiger partial charge in [-0.25, -0.2) is 0 Å². The predicted octanol–water partition coefficient (Wildman–Crippen LogP) is 1.56. The van der Waals surface area contributed by atoms with Gasteiger partial charge in [-0.05, 0) is 37.0 Å². The number of nitrogens with one attached hydrogen (secondary N) is 1. The molecule has 0 spiro atoms. The van der Waals surface area contributed by atoms with Crippen molar-refractivity contribution in [1.82, 2.24) is 5.32 Å². The summed E-state index contributed by atoms with van der Waals surface area (Å²) in [6, 6.07) is 0. The van der Waals surface area contributed by atoms with Crippen LogP contribution in [0, 0.1) is 16.7 Å². The van der Waals surface area contributed by atoms with E-state index in [1.165, 1.54) is 7.11 Å². The molecule has 25 heavy (non-hydrogen) atoms. The molecule has 8 nitrogen and oxygen atoms in total. The minimum atomic E-state index is -1.65. The predicted molar refractivity (Wildman–Crippen MR) is 88.2 cm³/mol. The van der Waals surface area contributed by atoms with Crippen molar-refractivity contribution in [1.29, 1.82) is 0 Å². The molecule has 1 unspecified atom stereocenters. The molecule has 0 saturated heterocycles. The standard InChI is InChI=1S/C17H26N2O6/c1-25-15(23)17(11-19-24,12-5-6-12)14(22)18-10-16(9-13(20)21)7-3-2-4-8-16/h11-12,24H,2-10H2,1H3,(H,18,22)(H,20,21)/b19-11+. The Labute approximate surface area is 146 Å². The zero-order chi connectivity index (χ0) is 18.5. The van der Waals surface area contributed by atoms with Gasteiger partial charge in [0, 0.05) is 6.54 Å². The molecule has 2 rings (SSSR count). The Morgan fingerprint density at radius 1 is 1.28 bits per heavy atom. The number of carboxylic acid groups (broad SMARTS) is 1. The number of rotatable bonds is 8. The van der Waals surface area contributed by atoms with Gasteiger partial charge in [0.15, 0.2) is 5.41 Å². The molecule has 2 saturated carbocycles. The molecule has 0 aliphatic heterocycles. The fourth-order valence-electron chi connectivity index (χ4n) is 3.91. The van der Waals surface area contributed by atoms with Gasteiger partial charge in [0.1, 0.15) is 0 Å². The van der Waals surface area contributed by atoms with E-state index in [1.807, 2.05) is 0 Å². The minimum absolute atomic E-state index is 0.0178. The number of carbonyl (C=O) groups excluding carboxylic acids is 2. The topological polar surface area (TPSA) is 125 Å². The lowest BCUT2D eigenvalue weighted by Gasteiger charge is -2.37. The monoisotopic (exact) mass is 354 g/mol. The number of hydrogen-bond acceptors (Lipinski definition) is 6. The second kappa shape index (κ2) is 7.84. The summed E-state index contributed by atoms with van der Waals surface area (Å²) in [6.07, 6.45) is 6.60. The first kappa shape index (κ1) is 19.2. The van der Waals surface area contributed by atoms with Gasteiger partial charge in [0.2, 0.25) is 5.91 Å². The third-order valence-electron chi connectivity index (χ3n) is 5.45. The van der Waals surface area contributed by atoms with Crippen molar-refractivity contribution in [3.05, 3.63) is 0 Å². The molecule has 8 heteroatoms. The van der Waals surface area contributed by atoms with E-state index in [-0.39, 0.29) is 18.9 Å². The van der Waals surface area contributed by atoms with Crippen molar-refractivity contribution in [2.45, 2.75) is 51.4 Å². The zero-order valence-electron chi connectivity index (χ0n) is 14.5. The summed E-state index contributed by atoms with van der Waals surface area (Å²) in [5.74, 6) is -2.51. The number of carbonyl (C=O) groups is 3. The highest BCUT2D eigenvalue weighted by molar-refractivity contribution is 6.17. The van der Waals surface area contributed by atoms with E-state index in [4.69, 9.17) is 9.94 Å². The first-order valence-electron chi connectivity index (χ1n) is 8.67. The fraction of sp³-hybridized carbons (Fsp3) is 0.765. The minimum Gasteiger partial charge on any atom is -0.481 e. The summed E-state index contributed by atoms with van der Waals surface area (Å²) < 4.78 is 4.78. The number of oxime groups is 1. The first-order chi connectivity index (χ1) is 11.9. The molecule has 0 heterocycles. The first-order valence-corrected chi connectivity index (χ1v) is 8.67. The molecule has 0 aromatic rings. The second-order valence-electron chi connectivity index (χ2n) is 7.19.